The van der Waals surface area contributed by atoms with Crippen molar-refractivity contribution < 1.29 is 4.79 Å². The second kappa shape index (κ2) is 5.26. The number of nitrogens with zero attached hydrogens (tertiary/aromatic N) is 2. The second-order valence-corrected chi connectivity index (χ2v) is 4.84. The second-order valence-electron chi connectivity index (χ2n) is 4.84. The quantitative estimate of drug-likeness (QED) is 0.917. The van der Waals surface area contributed by atoms with Crippen molar-refractivity contribution in [1.82, 2.24) is 15.1 Å². The summed E-state index contributed by atoms with van der Waals surface area (Å²) in [7, 11) is 1.85. The molecule has 0 unspecified atom stereocenters. The largest absolute Gasteiger partial charge is 0.348 e. The average molecular weight is 257 g/mol. The van der Waals surface area contributed by atoms with Crippen LogP contribution in [-0.2, 0) is 13.6 Å². The SMILES string of the molecule is Cc1ccc(CNC(=O)c2c(C)nn(C)c2C)cc1. The molecular formula is C15H19N3O. The molecule has 0 atom stereocenters. The van der Waals surface area contributed by atoms with Gasteiger partial charge in [-0.25, -0.2) is 0 Å². The number of rotatable bonds is 3. The van der Waals surface area contributed by atoms with E-state index in [0.717, 1.165) is 17.0 Å². The van der Waals surface area contributed by atoms with Crippen molar-refractivity contribution in [3.63, 3.8) is 0 Å². The zero-order valence-corrected chi connectivity index (χ0v) is 11.8. The summed E-state index contributed by atoms with van der Waals surface area (Å²) in [6.45, 7) is 6.34. The Bertz CT molecular complexity index is 597. The fourth-order valence-corrected chi connectivity index (χ4v) is 2.08. The van der Waals surface area contributed by atoms with Gasteiger partial charge in [-0.3, -0.25) is 9.48 Å². The lowest BCUT2D eigenvalue weighted by molar-refractivity contribution is 0.0949. The fourth-order valence-electron chi connectivity index (χ4n) is 2.08. The molecule has 4 nitrogen and oxygen atoms in total. The highest BCUT2D eigenvalue weighted by atomic mass is 16.1. The molecule has 0 aliphatic heterocycles. The van der Waals surface area contributed by atoms with Gasteiger partial charge in [-0.15, -0.1) is 0 Å². The molecule has 1 heterocycles. The predicted octanol–water partition coefficient (Wildman–Crippen LogP) is 2.28. The van der Waals surface area contributed by atoms with Crippen molar-refractivity contribution in [2.75, 3.05) is 0 Å². The Hall–Kier alpha value is -2.10. The van der Waals surface area contributed by atoms with Gasteiger partial charge in [-0.1, -0.05) is 29.8 Å². The van der Waals surface area contributed by atoms with Crippen LogP contribution in [0.2, 0.25) is 0 Å². The van der Waals surface area contributed by atoms with Crippen LogP contribution in [-0.4, -0.2) is 15.7 Å². The molecule has 0 bridgehead atoms. The Kier molecular flexibility index (Phi) is 3.69. The molecule has 0 radical (unpaired) electrons. The number of hydrogen-bond acceptors (Lipinski definition) is 2. The molecule has 2 rings (SSSR count). The van der Waals surface area contributed by atoms with Crippen molar-refractivity contribution in [1.29, 1.82) is 0 Å². The topological polar surface area (TPSA) is 46.9 Å². The number of carbonyl (C=O) groups is 1. The third-order valence-electron chi connectivity index (χ3n) is 3.31. The minimum absolute atomic E-state index is 0.0660. The van der Waals surface area contributed by atoms with E-state index in [1.807, 2.05) is 52.1 Å². The van der Waals surface area contributed by atoms with Gasteiger partial charge in [0.1, 0.15) is 0 Å². The molecule has 2 aromatic rings. The summed E-state index contributed by atoms with van der Waals surface area (Å²) in [6.07, 6.45) is 0. The summed E-state index contributed by atoms with van der Waals surface area (Å²) in [5.41, 5.74) is 4.64. The van der Waals surface area contributed by atoms with Gasteiger partial charge in [0.15, 0.2) is 0 Å². The third kappa shape index (κ3) is 2.84. The lowest BCUT2D eigenvalue weighted by Crippen LogP contribution is -2.24. The predicted molar refractivity (Wildman–Crippen MR) is 75.0 cm³/mol. The molecule has 0 fully saturated rings. The molecule has 0 aliphatic rings. The van der Waals surface area contributed by atoms with E-state index in [1.165, 1.54) is 5.56 Å². The molecule has 1 aromatic carbocycles. The first-order valence-electron chi connectivity index (χ1n) is 6.33. The normalized spacial score (nSPS) is 10.5. The van der Waals surface area contributed by atoms with E-state index in [2.05, 4.69) is 10.4 Å². The molecule has 4 heteroatoms. The van der Waals surface area contributed by atoms with Gasteiger partial charge in [-0.05, 0) is 26.3 Å². The molecule has 0 spiro atoms. The van der Waals surface area contributed by atoms with E-state index in [0.29, 0.717) is 12.1 Å². The Morgan fingerprint density at radius 3 is 2.37 bits per heavy atom. The van der Waals surface area contributed by atoms with Gasteiger partial charge in [-0.2, -0.15) is 5.10 Å². The highest BCUT2D eigenvalue weighted by Gasteiger charge is 2.16. The lowest BCUT2D eigenvalue weighted by atomic mass is 10.1. The maximum Gasteiger partial charge on any atom is 0.255 e. The first kappa shape index (κ1) is 13.3. The van der Waals surface area contributed by atoms with Crippen LogP contribution in [0.3, 0.4) is 0 Å². The minimum atomic E-state index is -0.0660. The lowest BCUT2D eigenvalue weighted by Gasteiger charge is -2.06. The van der Waals surface area contributed by atoms with Crippen LogP contribution < -0.4 is 5.32 Å². The van der Waals surface area contributed by atoms with E-state index in [1.54, 1.807) is 4.68 Å². The number of carbonyl (C=O) groups excluding carboxylic acids is 1. The van der Waals surface area contributed by atoms with Gasteiger partial charge in [0.2, 0.25) is 0 Å². The van der Waals surface area contributed by atoms with Gasteiger partial charge in [0.25, 0.3) is 5.91 Å². The molecule has 1 aromatic heterocycles. The van der Waals surface area contributed by atoms with E-state index in [4.69, 9.17) is 0 Å². The minimum Gasteiger partial charge on any atom is -0.348 e. The molecule has 1 amide bonds. The van der Waals surface area contributed by atoms with E-state index in [9.17, 15) is 4.79 Å². The van der Waals surface area contributed by atoms with Crippen molar-refractivity contribution in [2.45, 2.75) is 27.3 Å². The summed E-state index contributed by atoms with van der Waals surface area (Å²) in [4.78, 5) is 12.2. The Morgan fingerprint density at radius 1 is 1.21 bits per heavy atom. The van der Waals surface area contributed by atoms with Crippen LogP contribution in [0.5, 0.6) is 0 Å². The van der Waals surface area contributed by atoms with Gasteiger partial charge < -0.3 is 5.32 Å². The Morgan fingerprint density at radius 2 is 1.84 bits per heavy atom. The van der Waals surface area contributed by atoms with Crippen LogP contribution in [0.15, 0.2) is 24.3 Å². The smallest absolute Gasteiger partial charge is 0.255 e. The van der Waals surface area contributed by atoms with Crippen LogP contribution >= 0.6 is 0 Å². The Labute approximate surface area is 113 Å². The average Bonchev–Trinajstić information content (AvgIpc) is 2.62. The van der Waals surface area contributed by atoms with Gasteiger partial charge in [0.05, 0.1) is 11.3 Å². The van der Waals surface area contributed by atoms with E-state index in [-0.39, 0.29) is 5.91 Å². The van der Waals surface area contributed by atoms with Crippen molar-refractivity contribution >= 4 is 5.91 Å². The van der Waals surface area contributed by atoms with E-state index >= 15 is 0 Å². The third-order valence-corrected chi connectivity index (χ3v) is 3.31. The molecule has 1 N–H and O–H groups in total. The number of amides is 1. The first-order chi connectivity index (χ1) is 8.99. The molecule has 0 saturated carbocycles. The van der Waals surface area contributed by atoms with Crippen LogP contribution in [0.25, 0.3) is 0 Å². The number of benzene rings is 1. The molecule has 19 heavy (non-hydrogen) atoms. The van der Waals surface area contributed by atoms with Crippen molar-refractivity contribution in [2.24, 2.45) is 7.05 Å². The Balaban J connectivity index is 2.07. The number of hydrogen-bond donors (Lipinski definition) is 1. The van der Waals surface area contributed by atoms with Crippen LogP contribution in [0, 0.1) is 20.8 Å². The standard InChI is InChI=1S/C15H19N3O/c1-10-5-7-13(8-6-10)9-16-15(19)14-11(2)17-18(4)12(14)3/h5-8H,9H2,1-4H3,(H,16,19). The van der Waals surface area contributed by atoms with Crippen molar-refractivity contribution in [3.8, 4) is 0 Å². The molecule has 0 saturated heterocycles. The van der Waals surface area contributed by atoms with Gasteiger partial charge >= 0.3 is 0 Å². The highest BCUT2D eigenvalue weighted by Crippen LogP contribution is 2.12. The summed E-state index contributed by atoms with van der Waals surface area (Å²) in [5, 5.41) is 7.19. The number of aromatic nitrogens is 2. The number of nitrogens with one attached hydrogen (secondary N) is 1. The molecule has 0 aliphatic carbocycles. The van der Waals surface area contributed by atoms with Crippen LogP contribution in [0.1, 0.15) is 32.9 Å². The zero-order chi connectivity index (χ0) is 14.0. The fraction of sp³-hybridized carbons (Fsp3) is 0.333. The highest BCUT2D eigenvalue weighted by molar-refractivity contribution is 5.96. The summed E-state index contributed by atoms with van der Waals surface area (Å²) >= 11 is 0. The summed E-state index contributed by atoms with van der Waals surface area (Å²) < 4.78 is 1.73. The van der Waals surface area contributed by atoms with Crippen molar-refractivity contribution in [3.05, 3.63) is 52.3 Å². The molecule has 100 valence electrons. The zero-order valence-electron chi connectivity index (χ0n) is 11.8. The monoisotopic (exact) mass is 257 g/mol. The summed E-state index contributed by atoms with van der Waals surface area (Å²) in [5.74, 6) is -0.0660. The summed E-state index contributed by atoms with van der Waals surface area (Å²) in [6, 6.07) is 8.14. The van der Waals surface area contributed by atoms with Gasteiger partial charge in [0, 0.05) is 19.3 Å². The van der Waals surface area contributed by atoms with Crippen LogP contribution in [0.4, 0.5) is 0 Å². The molecular weight excluding hydrogens is 238 g/mol. The van der Waals surface area contributed by atoms with E-state index < -0.39 is 0 Å². The maximum atomic E-state index is 12.2. The maximum absolute atomic E-state index is 12.2. The number of aryl methyl sites for hydroxylation is 3. The first-order valence-corrected chi connectivity index (χ1v) is 6.33.